The monoisotopic (exact) mass is 480 g/mol. The molecule has 1 N–H and O–H groups in total. The fourth-order valence-corrected chi connectivity index (χ4v) is 4.35. The third-order valence-corrected chi connectivity index (χ3v) is 6.05. The Hall–Kier alpha value is -3.85. The van der Waals surface area contributed by atoms with Crippen LogP contribution in [0.25, 0.3) is 5.76 Å². The van der Waals surface area contributed by atoms with Crippen molar-refractivity contribution in [2.45, 2.75) is 19.4 Å². The van der Waals surface area contributed by atoms with Gasteiger partial charge in [-0.05, 0) is 55.6 Å². The van der Waals surface area contributed by atoms with Crippen LogP contribution in [0, 0.1) is 0 Å². The Bertz CT molecular complexity index is 1220. The zero-order chi connectivity index (χ0) is 25.3. The Morgan fingerprint density at radius 2 is 1.94 bits per heavy atom. The minimum absolute atomic E-state index is 0.0217. The van der Waals surface area contributed by atoms with Gasteiger partial charge in [0.1, 0.15) is 11.5 Å². The molecule has 4 rings (SSSR count). The van der Waals surface area contributed by atoms with Crippen LogP contribution in [0.1, 0.15) is 29.7 Å². The molecule has 2 aliphatic heterocycles. The lowest BCUT2D eigenvalue weighted by Gasteiger charge is -2.27. The number of hydrogen-bond acceptors (Lipinski definition) is 8. The number of benzene rings is 2. The number of hydrogen-bond donors (Lipinski definition) is 1. The second-order valence-corrected chi connectivity index (χ2v) is 8.72. The molecule has 1 saturated heterocycles. The molecule has 0 aromatic heterocycles. The molecule has 35 heavy (non-hydrogen) atoms. The number of methoxy groups -OCH3 is 1. The van der Waals surface area contributed by atoms with E-state index < -0.39 is 23.7 Å². The number of rotatable bonds is 7. The number of ether oxygens (including phenoxy) is 3. The molecule has 0 radical (unpaired) electrons. The Labute approximate surface area is 203 Å². The van der Waals surface area contributed by atoms with Crippen LogP contribution in [-0.2, 0) is 20.8 Å². The highest BCUT2D eigenvalue weighted by atomic mass is 16.6. The van der Waals surface area contributed by atoms with Crippen LogP contribution in [0.3, 0.4) is 0 Å². The van der Waals surface area contributed by atoms with E-state index in [9.17, 15) is 19.5 Å². The van der Waals surface area contributed by atoms with Crippen molar-refractivity contribution in [1.82, 2.24) is 9.80 Å². The van der Waals surface area contributed by atoms with E-state index in [2.05, 4.69) is 0 Å². The summed E-state index contributed by atoms with van der Waals surface area (Å²) in [6.45, 7) is 2.59. The number of amides is 1. The molecule has 9 heteroatoms. The zero-order valence-electron chi connectivity index (χ0n) is 20.2. The maximum absolute atomic E-state index is 13.2. The Morgan fingerprint density at radius 3 is 2.63 bits per heavy atom. The van der Waals surface area contributed by atoms with Crippen LogP contribution in [0.2, 0.25) is 0 Å². The molecule has 1 unspecified atom stereocenters. The van der Waals surface area contributed by atoms with Gasteiger partial charge < -0.3 is 29.1 Å². The van der Waals surface area contributed by atoms with Crippen LogP contribution in [0.15, 0.2) is 42.0 Å². The van der Waals surface area contributed by atoms with Crippen LogP contribution in [0.4, 0.5) is 0 Å². The van der Waals surface area contributed by atoms with Crippen molar-refractivity contribution in [1.29, 1.82) is 0 Å². The highest BCUT2D eigenvalue weighted by molar-refractivity contribution is 6.46. The molecular formula is C26H28N2O7. The van der Waals surface area contributed by atoms with Gasteiger partial charge in [0, 0.05) is 32.0 Å². The third-order valence-electron chi connectivity index (χ3n) is 6.05. The fraction of sp³-hybridized carbons (Fsp3) is 0.346. The minimum atomic E-state index is -0.875. The number of carbonyl (C=O) groups is 3. The van der Waals surface area contributed by atoms with Crippen molar-refractivity contribution in [2.24, 2.45) is 0 Å². The number of aliphatic hydroxyl groups excluding tert-OH is 1. The van der Waals surface area contributed by atoms with Crippen molar-refractivity contribution in [3.05, 3.63) is 58.7 Å². The van der Waals surface area contributed by atoms with Crippen LogP contribution in [-0.4, -0.2) is 73.5 Å². The van der Waals surface area contributed by atoms with Gasteiger partial charge in [0.2, 0.25) is 0 Å². The lowest BCUT2D eigenvalue weighted by atomic mass is 9.94. The summed E-state index contributed by atoms with van der Waals surface area (Å²) in [4.78, 5) is 41.3. The zero-order valence-corrected chi connectivity index (χ0v) is 20.2. The first-order valence-electron chi connectivity index (χ1n) is 11.3. The summed E-state index contributed by atoms with van der Waals surface area (Å²) in [5, 5.41) is 11.3. The number of Topliss-reactive ketones (excluding diaryl/α,β-unsaturated/α-hetero) is 1. The van der Waals surface area contributed by atoms with Gasteiger partial charge in [-0.2, -0.15) is 0 Å². The molecule has 2 heterocycles. The van der Waals surface area contributed by atoms with Gasteiger partial charge in [-0.15, -0.1) is 0 Å². The smallest absolute Gasteiger partial charge is 0.308 e. The second kappa shape index (κ2) is 9.79. The van der Waals surface area contributed by atoms with E-state index in [1.54, 1.807) is 36.4 Å². The number of esters is 1. The van der Waals surface area contributed by atoms with Crippen molar-refractivity contribution >= 4 is 23.4 Å². The maximum Gasteiger partial charge on any atom is 0.308 e. The number of fused-ring (bicyclic) bond motifs is 1. The van der Waals surface area contributed by atoms with Crippen molar-refractivity contribution < 1.29 is 33.7 Å². The summed E-state index contributed by atoms with van der Waals surface area (Å²) < 4.78 is 16.1. The van der Waals surface area contributed by atoms with E-state index in [1.165, 1.54) is 18.9 Å². The molecule has 0 bridgehead atoms. The SMILES string of the molecule is COc1ccc(C2/C(=C(\O)c3ccc4c(c3)CCO4)C(=O)C(=O)N2CCN(C)C)cc1OC(C)=O. The molecule has 0 aliphatic carbocycles. The molecule has 1 atom stereocenters. The first kappa shape index (κ1) is 24.3. The van der Waals surface area contributed by atoms with Gasteiger partial charge in [0.05, 0.1) is 25.3 Å². The number of likely N-dealkylation sites (N-methyl/N-ethyl adjacent to an activating group) is 1. The largest absolute Gasteiger partial charge is 0.507 e. The average Bonchev–Trinajstić information content (AvgIpc) is 3.39. The summed E-state index contributed by atoms with van der Waals surface area (Å²) in [6, 6.07) is 9.17. The third kappa shape index (κ3) is 4.72. The molecule has 9 nitrogen and oxygen atoms in total. The number of carbonyl (C=O) groups excluding carboxylic acids is 3. The van der Waals surface area contributed by atoms with Crippen LogP contribution in [0.5, 0.6) is 17.2 Å². The highest BCUT2D eigenvalue weighted by Crippen LogP contribution is 2.42. The number of ketones is 1. The standard InChI is InChI=1S/C26H28N2O7/c1-15(29)35-21-14-17(5-8-20(21)33-4)23-22(25(31)26(32)28(23)11-10-27(2)3)24(30)18-6-7-19-16(13-18)9-12-34-19/h5-8,13-14,23,30H,9-12H2,1-4H3/b24-22+. The van der Waals surface area contributed by atoms with Gasteiger partial charge in [-0.25, -0.2) is 0 Å². The normalized spacial score (nSPS) is 18.5. The number of likely N-dealkylation sites (tertiary alicyclic amines) is 1. The molecule has 0 saturated carbocycles. The van der Waals surface area contributed by atoms with E-state index in [-0.39, 0.29) is 23.6 Å². The molecule has 2 aromatic carbocycles. The van der Waals surface area contributed by atoms with E-state index in [4.69, 9.17) is 14.2 Å². The van der Waals surface area contributed by atoms with Crippen LogP contribution < -0.4 is 14.2 Å². The highest BCUT2D eigenvalue weighted by Gasteiger charge is 2.46. The van der Waals surface area contributed by atoms with Gasteiger partial charge in [-0.1, -0.05) is 6.07 Å². The summed E-state index contributed by atoms with van der Waals surface area (Å²) in [5.74, 6) is -1.05. The molecule has 1 amide bonds. The van der Waals surface area contributed by atoms with E-state index in [1.807, 2.05) is 19.0 Å². The van der Waals surface area contributed by atoms with E-state index in [0.29, 0.717) is 36.4 Å². The van der Waals surface area contributed by atoms with Crippen molar-refractivity contribution in [3.8, 4) is 17.2 Å². The van der Waals surface area contributed by atoms with Crippen LogP contribution >= 0.6 is 0 Å². The lowest BCUT2D eigenvalue weighted by molar-refractivity contribution is -0.140. The molecule has 2 aromatic rings. The van der Waals surface area contributed by atoms with E-state index >= 15 is 0 Å². The molecule has 1 fully saturated rings. The first-order chi connectivity index (χ1) is 16.7. The van der Waals surface area contributed by atoms with Gasteiger partial charge >= 0.3 is 5.97 Å². The summed E-state index contributed by atoms with van der Waals surface area (Å²) in [6.07, 6.45) is 0.696. The molecular weight excluding hydrogens is 452 g/mol. The number of nitrogens with zero attached hydrogens (tertiary/aromatic N) is 2. The fourth-order valence-electron chi connectivity index (χ4n) is 4.35. The van der Waals surface area contributed by atoms with Gasteiger partial charge in [0.25, 0.3) is 11.7 Å². The molecule has 184 valence electrons. The second-order valence-electron chi connectivity index (χ2n) is 8.72. The first-order valence-corrected chi connectivity index (χ1v) is 11.3. The maximum atomic E-state index is 13.2. The van der Waals surface area contributed by atoms with Crippen molar-refractivity contribution in [2.75, 3.05) is 40.9 Å². The minimum Gasteiger partial charge on any atom is -0.507 e. The van der Waals surface area contributed by atoms with Crippen molar-refractivity contribution in [3.63, 3.8) is 0 Å². The predicted octanol–water partition coefficient (Wildman–Crippen LogP) is 2.54. The van der Waals surface area contributed by atoms with E-state index in [0.717, 1.165) is 11.3 Å². The Balaban J connectivity index is 1.86. The van der Waals surface area contributed by atoms with Gasteiger partial charge in [-0.3, -0.25) is 14.4 Å². The summed E-state index contributed by atoms with van der Waals surface area (Å²) in [5.41, 5.74) is 1.84. The topological polar surface area (TPSA) is 106 Å². The lowest BCUT2D eigenvalue weighted by Crippen LogP contribution is -2.35. The molecule has 2 aliphatic rings. The Morgan fingerprint density at radius 1 is 1.17 bits per heavy atom. The number of aliphatic hydroxyl groups is 1. The van der Waals surface area contributed by atoms with Gasteiger partial charge in [0.15, 0.2) is 11.5 Å². The quantitative estimate of drug-likeness (QED) is 0.212. The summed E-state index contributed by atoms with van der Waals surface area (Å²) in [7, 11) is 5.18. The summed E-state index contributed by atoms with van der Waals surface area (Å²) >= 11 is 0. The average molecular weight is 481 g/mol. The predicted molar refractivity (Wildman–Crippen MR) is 128 cm³/mol. The Kier molecular flexibility index (Phi) is 6.79. The molecule has 0 spiro atoms.